The van der Waals surface area contributed by atoms with Gasteiger partial charge in [-0.05, 0) is 12.5 Å². The van der Waals surface area contributed by atoms with Gasteiger partial charge in [-0.3, -0.25) is 14.9 Å². The number of aryl methyl sites for hydroxylation is 1. The molecule has 3 rings (SSSR count). The number of amides is 1. The number of aromatic nitrogens is 4. The van der Waals surface area contributed by atoms with Crippen molar-refractivity contribution in [1.82, 2.24) is 20.4 Å². The maximum atomic E-state index is 12.4. The number of fused-ring (bicyclic) bond motifs is 1. The van der Waals surface area contributed by atoms with Gasteiger partial charge in [-0.15, -0.1) is 10.2 Å². The molecule has 0 aliphatic carbocycles. The average Bonchev–Trinajstić information content (AvgIpc) is 3.01. The van der Waals surface area contributed by atoms with E-state index < -0.39 is 5.91 Å². The zero-order chi connectivity index (χ0) is 16.2. The van der Waals surface area contributed by atoms with Crippen molar-refractivity contribution >= 4 is 33.1 Å². The summed E-state index contributed by atoms with van der Waals surface area (Å²) in [5.41, 5.74) is -0.166. The van der Waals surface area contributed by atoms with Crippen molar-refractivity contribution < 1.29 is 4.79 Å². The van der Waals surface area contributed by atoms with E-state index >= 15 is 0 Å². The van der Waals surface area contributed by atoms with Crippen molar-refractivity contribution in [2.45, 2.75) is 26.2 Å². The van der Waals surface area contributed by atoms with E-state index in [1.807, 2.05) is 0 Å². The van der Waals surface area contributed by atoms with E-state index in [0.29, 0.717) is 15.9 Å². The molecule has 7 nitrogen and oxygen atoms in total. The molecule has 0 saturated carbocycles. The first-order chi connectivity index (χ1) is 11.2. The molecule has 2 aromatic heterocycles. The van der Waals surface area contributed by atoms with Gasteiger partial charge < -0.3 is 0 Å². The third-order valence-corrected chi connectivity index (χ3v) is 4.24. The Hall–Kier alpha value is -2.61. The molecule has 3 aromatic rings. The van der Waals surface area contributed by atoms with Crippen LogP contribution >= 0.6 is 11.3 Å². The maximum Gasteiger partial charge on any atom is 0.278 e. The Balaban J connectivity index is 1.85. The lowest BCUT2D eigenvalue weighted by Gasteiger charge is -2.03. The van der Waals surface area contributed by atoms with Crippen molar-refractivity contribution in [3.8, 4) is 0 Å². The van der Waals surface area contributed by atoms with Crippen LogP contribution in [0.1, 0.15) is 35.3 Å². The standard InChI is InChI=1S/C15H15N5O2S/c1-2-3-8-11-17-20-15(23-11)16-14(22)12-9-6-4-5-7-10(9)13(21)19-18-12/h4-7H,2-3,8H2,1H3,(H,19,21)(H,16,20,22). The number of aromatic amines is 1. The fraction of sp³-hybridized carbons (Fsp3) is 0.267. The summed E-state index contributed by atoms with van der Waals surface area (Å²) < 4.78 is 0. The monoisotopic (exact) mass is 329 g/mol. The maximum absolute atomic E-state index is 12.4. The van der Waals surface area contributed by atoms with Crippen molar-refractivity contribution in [2.75, 3.05) is 5.32 Å². The van der Waals surface area contributed by atoms with Crippen LogP contribution in [0, 0.1) is 0 Å². The second-order valence-corrected chi connectivity index (χ2v) is 6.07. The Labute approximate surface area is 135 Å². The molecule has 8 heteroatoms. The first-order valence-electron chi connectivity index (χ1n) is 7.30. The number of carbonyl (C=O) groups excluding carboxylic acids is 1. The SMILES string of the molecule is CCCCc1nnc(NC(=O)c2n[nH]c(=O)c3ccccc23)s1. The van der Waals surface area contributed by atoms with Crippen LogP contribution < -0.4 is 10.9 Å². The number of unbranched alkanes of at least 4 members (excludes halogenated alkanes) is 1. The topological polar surface area (TPSA) is 101 Å². The third kappa shape index (κ3) is 3.26. The van der Waals surface area contributed by atoms with Gasteiger partial charge in [0, 0.05) is 11.8 Å². The van der Waals surface area contributed by atoms with Gasteiger partial charge >= 0.3 is 0 Å². The Bertz CT molecular complexity index is 902. The fourth-order valence-electron chi connectivity index (χ4n) is 2.18. The van der Waals surface area contributed by atoms with Crippen molar-refractivity contribution in [2.24, 2.45) is 0 Å². The van der Waals surface area contributed by atoms with Crippen molar-refractivity contribution in [3.63, 3.8) is 0 Å². The lowest BCUT2D eigenvalue weighted by molar-refractivity contribution is 0.102. The molecule has 0 bridgehead atoms. The summed E-state index contributed by atoms with van der Waals surface area (Å²) in [6.07, 6.45) is 2.97. The number of hydrogen-bond acceptors (Lipinski definition) is 6. The number of nitrogens with zero attached hydrogens (tertiary/aromatic N) is 3. The molecule has 0 fully saturated rings. The summed E-state index contributed by atoms with van der Waals surface area (Å²) >= 11 is 1.35. The largest absolute Gasteiger partial charge is 0.295 e. The number of hydrogen-bond donors (Lipinski definition) is 2. The van der Waals surface area contributed by atoms with E-state index in [2.05, 4.69) is 32.6 Å². The molecule has 0 unspecified atom stereocenters. The van der Waals surface area contributed by atoms with E-state index in [4.69, 9.17) is 0 Å². The second kappa shape index (κ2) is 6.66. The summed E-state index contributed by atoms with van der Waals surface area (Å²) in [6, 6.07) is 6.84. The van der Waals surface area contributed by atoms with E-state index in [0.717, 1.165) is 24.3 Å². The minimum absolute atomic E-state index is 0.158. The van der Waals surface area contributed by atoms with Crippen LogP contribution in [0.2, 0.25) is 0 Å². The average molecular weight is 329 g/mol. The summed E-state index contributed by atoms with van der Waals surface area (Å²) in [7, 11) is 0. The third-order valence-electron chi connectivity index (χ3n) is 3.34. The van der Waals surface area contributed by atoms with E-state index in [1.165, 1.54) is 11.3 Å². The van der Waals surface area contributed by atoms with Crippen molar-refractivity contribution in [3.05, 3.63) is 45.3 Å². The molecular formula is C15H15N5O2S. The summed E-state index contributed by atoms with van der Waals surface area (Å²) in [5.74, 6) is -0.421. The molecule has 2 heterocycles. The van der Waals surface area contributed by atoms with Crippen LogP contribution in [-0.2, 0) is 6.42 Å². The van der Waals surface area contributed by atoms with E-state index in [1.54, 1.807) is 24.3 Å². The number of carbonyl (C=O) groups is 1. The molecule has 0 radical (unpaired) electrons. The minimum Gasteiger partial charge on any atom is -0.295 e. The molecule has 1 aromatic carbocycles. The predicted molar refractivity (Wildman–Crippen MR) is 88.8 cm³/mol. The Morgan fingerprint density at radius 2 is 2.04 bits per heavy atom. The Morgan fingerprint density at radius 1 is 1.26 bits per heavy atom. The zero-order valence-electron chi connectivity index (χ0n) is 12.5. The lowest BCUT2D eigenvalue weighted by atomic mass is 10.1. The first-order valence-corrected chi connectivity index (χ1v) is 8.12. The molecule has 118 valence electrons. The highest BCUT2D eigenvalue weighted by Gasteiger charge is 2.16. The molecule has 0 atom stereocenters. The molecule has 1 amide bonds. The summed E-state index contributed by atoms with van der Waals surface area (Å²) in [4.78, 5) is 24.2. The van der Waals surface area contributed by atoms with Gasteiger partial charge in [-0.2, -0.15) is 5.10 Å². The quantitative estimate of drug-likeness (QED) is 0.748. The van der Waals surface area contributed by atoms with Gasteiger partial charge in [-0.25, -0.2) is 5.10 Å². The molecule has 0 aliphatic heterocycles. The normalized spacial score (nSPS) is 10.8. The minimum atomic E-state index is -0.421. The number of H-pyrrole nitrogens is 1. The van der Waals surface area contributed by atoms with E-state index in [-0.39, 0.29) is 11.3 Å². The van der Waals surface area contributed by atoms with Gasteiger partial charge in [0.05, 0.1) is 5.39 Å². The number of benzene rings is 1. The van der Waals surface area contributed by atoms with Crippen LogP contribution in [0.3, 0.4) is 0 Å². The van der Waals surface area contributed by atoms with Gasteiger partial charge in [0.25, 0.3) is 11.5 Å². The predicted octanol–water partition coefficient (Wildman–Crippen LogP) is 2.37. The summed E-state index contributed by atoms with van der Waals surface area (Å²) in [6.45, 7) is 2.11. The molecule has 0 spiro atoms. The van der Waals surface area contributed by atoms with Gasteiger partial charge in [0.2, 0.25) is 5.13 Å². The van der Waals surface area contributed by atoms with Crippen LogP contribution in [0.15, 0.2) is 29.1 Å². The molecule has 0 saturated heterocycles. The van der Waals surface area contributed by atoms with E-state index in [9.17, 15) is 9.59 Å². The van der Waals surface area contributed by atoms with Crippen LogP contribution in [-0.4, -0.2) is 26.3 Å². The molecule has 2 N–H and O–H groups in total. The van der Waals surface area contributed by atoms with Gasteiger partial charge in [0.1, 0.15) is 5.01 Å². The fourth-order valence-corrected chi connectivity index (χ4v) is 2.95. The van der Waals surface area contributed by atoms with Crippen LogP contribution in [0.5, 0.6) is 0 Å². The Morgan fingerprint density at radius 3 is 2.83 bits per heavy atom. The number of rotatable bonds is 5. The van der Waals surface area contributed by atoms with Gasteiger partial charge in [-0.1, -0.05) is 42.9 Å². The number of nitrogens with one attached hydrogen (secondary N) is 2. The molecule has 0 aliphatic rings. The lowest BCUT2D eigenvalue weighted by Crippen LogP contribution is -2.19. The highest BCUT2D eigenvalue weighted by Crippen LogP contribution is 2.19. The molecule has 23 heavy (non-hydrogen) atoms. The second-order valence-electron chi connectivity index (χ2n) is 5.01. The number of anilines is 1. The molecular weight excluding hydrogens is 314 g/mol. The van der Waals surface area contributed by atoms with Crippen LogP contribution in [0.4, 0.5) is 5.13 Å². The Kier molecular flexibility index (Phi) is 4.42. The smallest absolute Gasteiger partial charge is 0.278 e. The first kappa shape index (κ1) is 15.3. The van der Waals surface area contributed by atoms with Gasteiger partial charge in [0.15, 0.2) is 5.69 Å². The highest BCUT2D eigenvalue weighted by molar-refractivity contribution is 7.15. The zero-order valence-corrected chi connectivity index (χ0v) is 13.3. The summed E-state index contributed by atoms with van der Waals surface area (Å²) in [5, 5.41) is 19.2. The van der Waals surface area contributed by atoms with Crippen LogP contribution in [0.25, 0.3) is 10.8 Å². The highest BCUT2D eigenvalue weighted by atomic mass is 32.1. The van der Waals surface area contributed by atoms with Crippen molar-refractivity contribution in [1.29, 1.82) is 0 Å².